The van der Waals surface area contributed by atoms with Crippen molar-refractivity contribution in [1.82, 2.24) is 5.32 Å². The Labute approximate surface area is 124 Å². The molecule has 6 heteroatoms. The van der Waals surface area contributed by atoms with Gasteiger partial charge in [-0.05, 0) is 40.6 Å². The number of urea groups is 1. The number of barbiturate groups is 1. The SMILES string of the molecule is O=C1NC(=O)N(c2ccccc2)C(=O)/C1=C/c1ccsc1. The molecule has 0 saturated carbocycles. The van der Waals surface area contributed by atoms with Gasteiger partial charge in [0.15, 0.2) is 0 Å². The number of carbonyl (C=O) groups excluding carboxylic acids is 3. The number of hydrogen-bond acceptors (Lipinski definition) is 4. The Kier molecular flexibility index (Phi) is 3.37. The van der Waals surface area contributed by atoms with E-state index in [9.17, 15) is 14.4 Å². The fourth-order valence-corrected chi connectivity index (χ4v) is 2.61. The van der Waals surface area contributed by atoms with Crippen LogP contribution in [0, 0.1) is 0 Å². The average molecular weight is 298 g/mol. The van der Waals surface area contributed by atoms with Gasteiger partial charge in [0.1, 0.15) is 5.57 Å². The summed E-state index contributed by atoms with van der Waals surface area (Å²) in [5, 5.41) is 5.84. The smallest absolute Gasteiger partial charge is 0.273 e. The molecule has 0 radical (unpaired) electrons. The Hall–Kier alpha value is -2.73. The molecule has 2 aromatic rings. The third-order valence-corrected chi connectivity index (χ3v) is 3.67. The van der Waals surface area contributed by atoms with Crippen molar-refractivity contribution in [3.63, 3.8) is 0 Å². The summed E-state index contributed by atoms with van der Waals surface area (Å²) in [6.07, 6.45) is 1.48. The van der Waals surface area contributed by atoms with Crippen molar-refractivity contribution in [1.29, 1.82) is 0 Å². The largest absolute Gasteiger partial charge is 0.335 e. The van der Waals surface area contributed by atoms with Gasteiger partial charge in [0.05, 0.1) is 5.69 Å². The normalized spacial score (nSPS) is 17.2. The van der Waals surface area contributed by atoms with Crippen molar-refractivity contribution in [3.8, 4) is 0 Å². The van der Waals surface area contributed by atoms with Crippen LogP contribution < -0.4 is 10.2 Å². The first-order chi connectivity index (χ1) is 10.2. The Morgan fingerprint density at radius 2 is 1.81 bits per heavy atom. The number of imide groups is 2. The fraction of sp³-hybridized carbons (Fsp3) is 0. The molecule has 1 aliphatic rings. The van der Waals surface area contributed by atoms with Gasteiger partial charge in [0.2, 0.25) is 0 Å². The van der Waals surface area contributed by atoms with Gasteiger partial charge in [-0.1, -0.05) is 18.2 Å². The molecule has 0 atom stereocenters. The minimum atomic E-state index is -0.737. The highest BCUT2D eigenvalue weighted by Crippen LogP contribution is 2.21. The third kappa shape index (κ3) is 2.48. The summed E-state index contributed by atoms with van der Waals surface area (Å²) >= 11 is 1.46. The number of thiophene rings is 1. The van der Waals surface area contributed by atoms with Crippen LogP contribution in [0.15, 0.2) is 52.7 Å². The molecule has 1 N–H and O–H groups in total. The zero-order valence-electron chi connectivity index (χ0n) is 10.8. The second-order valence-electron chi connectivity index (χ2n) is 4.35. The maximum absolute atomic E-state index is 12.5. The second-order valence-corrected chi connectivity index (χ2v) is 5.13. The zero-order valence-corrected chi connectivity index (χ0v) is 11.6. The molecular weight excluding hydrogens is 288 g/mol. The van der Waals surface area contributed by atoms with Crippen LogP contribution in [0.5, 0.6) is 0 Å². The molecule has 0 unspecified atom stereocenters. The number of nitrogens with zero attached hydrogens (tertiary/aromatic N) is 1. The summed E-state index contributed by atoms with van der Waals surface area (Å²) in [5.41, 5.74) is 1.11. The lowest BCUT2D eigenvalue weighted by atomic mass is 10.1. The number of benzene rings is 1. The molecule has 0 spiro atoms. The highest BCUT2D eigenvalue weighted by Gasteiger charge is 2.36. The Bertz CT molecular complexity index is 736. The number of carbonyl (C=O) groups is 3. The van der Waals surface area contributed by atoms with E-state index in [4.69, 9.17) is 0 Å². The predicted octanol–water partition coefficient (Wildman–Crippen LogP) is 2.41. The van der Waals surface area contributed by atoms with Crippen LogP contribution >= 0.6 is 11.3 Å². The Morgan fingerprint density at radius 3 is 2.48 bits per heavy atom. The van der Waals surface area contributed by atoms with Gasteiger partial charge in [-0.25, -0.2) is 9.69 Å². The topological polar surface area (TPSA) is 66.5 Å². The van der Waals surface area contributed by atoms with E-state index in [0.29, 0.717) is 5.69 Å². The van der Waals surface area contributed by atoms with Crippen LogP contribution in [0.2, 0.25) is 0 Å². The number of amides is 4. The number of anilines is 1. The third-order valence-electron chi connectivity index (χ3n) is 2.97. The van der Waals surface area contributed by atoms with E-state index in [2.05, 4.69) is 5.32 Å². The summed E-state index contributed by atoms with van der Waals surface area (Å²) in [6.45, 7) is 0. The monoisotopic (exact) mass is 298 g/mol. The molecule has 1 aromatic heterocycles. The summed E-state index contributed by atoms with van der Waals surface area (Å²) in [7, 11) is 0. The lowest BCUT2D eigenvalue weighted by Gasteiger charge is -2.26. The molecule has 1 fully saturated rings. The standard InChI is InChI=1S/C15H10N2O3S/c18-13-12(8-10-6-7-21-9-10)14(19)17(15(20)16-13)11-4-2-1-3-5-11/h1-9H,(H,16,18,20)/b12-8+. The molecule has 21 heavy (non-hydrogen) atoms. The summed E-state index contributed by atoms with van der Waals surface area (Å²) in [4.78, 5) is 37.2. The molecule has 4 amide bonds. The molecule has 1 aromatic carbocycles. The van der Waals surface area contributed by atoms with Crippen LogP contribution in [-0.4, -0.2) is 17.8 Å². The van der Waals surface area contributed by atoms with Gasteiger partial charge in [-0.3, -0.25) is 14.9 Å². The number of hydrogen-bond donors (Lipinski definition) is 1. The van der Waals surface area contributed by atoms with E-state index in [1.165, 1.54) is 17.4 Å². The molecule has 2 heterocycles. The minimum absolute atomic E-state index is 0.0585. The van der Waals surface area contributed by atoms with Crippen molar-refractivity contribution < 1.29 is 14.4 Å². The van der Waals surface area contributed by atoms with Crippen LogP contribution in [0.25, 0.3) is 6.08 Å². The van der Waals surface area contributed by atoms with E-state index >= 15 is 0 Å². The van der Waals surface area contributed by atoms with E-state index in [1.54, 1.807) is 36.4 Å². The van der Waals surface area contributed by atoms with Crippen LogP contribution in [-0.2, 0) is 9.59 Å². The van der Waals surface area contributed by atoms with Crippen molar-refractivity contribution in [3.05, 3.63) is 58.3 Å². The predicted molar refractivity (Wildman–Crippen MR) is 79.8 cm³/mol. The van der Waals surface area contributed by atoms with Crippen LogP contribution in [0.1, 0.15) is 5.56 Å². The molecule has 3 rings (SSSR count). The summed E-state index contributed by atoms with van der Waals surface area (Å²) < 4.78 is 0. The van der Waals surface area contributed by atoms with Gasteiger partial charge in [0, 0.05) is 0 Å². The highest BCUT2D eigenvalue weighted by molar-refractivity contribution is 7.08. The Balaban J connectivity index is 2.02. The quantitative estimate of drug-likeness (QED) is 0.684. The number of rotatable bonds is 2. The number of nitrogens with one attached hydrogen (secondary N) is 1. The maximum atomic E-state index is 12.5. The lowest BCUT2D eigenvalue weighted by molar-refractivity contribution is -0.122. The Morgan fingerprint density at radius 1 is 1.05 bits per heavy atom. The minimum Gasteiger partial charge on any atom is -0.273 e. The molecule has 104 valence electrons. The van der Waals surface area contributed by atoms with Gasteiger partial charge >= 0.3 is 6.03 Å². The fourth-order valence-electron chi connectivity index (χ4n) is 1.99. The zero-order chi connectivity index (χ0) is 14.8. The molecule has 1 saturated heterocycles. The molecule has 1 aliphatic heterocycles. The van der Waals surface area contributed by atoms with E-state index < -0.39 is 17.8 Å². The lowest BCUT2D eigenvalue weighted by Crippen LogP contribution is -2.54. The summed E-state index contributed by atoms with van der Waals surface area (Å²) in [5.74, 6) is -1.30. The second kappa shape index (κ2) is 5.34. The van der Waals surface area contributed by atoms with Gasteiger partial charge < -0.3 is 0 Å². The first-order valence-electron chi connectivity index (χ1n) is 6.15. The molecular formula is C15H10N2O3S. The van der Waals surface area contributed by atoms with Crippen LogP contribution in [0.4, 0.5) is 10.5 Å². The van der Waals surface area contributed by atoms with Crippen molar-refractivity contribution >= 4 is 40.9 Å². The first kappa shape index (κ1) is 13.3. The number of para-hydroxylation sites is 1. The van der Waals surface area contributed by atoms with E-state index in [-0.39, 0.29) is 5.57 Å². The molecule has 5 nitrogen and oxygen atoms in total. The van der Waals surface area contributed by atoms with Crippen molar-refractivity contribution in [2.45, 2.75) is 0 Å². The highest BCUT2D eigenvalue weighted by atomic mass is 32.1. The molecule has 0 aliphatic carbocycles. The summed E-state index contributed by atoms with van der Waals surface area (Å²) in [6, 6.07) is 9.54. The van der Waals surface area contributed by atoms with Gasteiger partial charge in [-0.15, -0.1) is 0 Å². The maximum Gasteiger partial charge on any atom is 0.335 e. The van der Waals surface area contributed by atoms with Crippen molar-refractivity contribution in [2.75, 3.05) is 4.90 Å². The van der Waals surface area contributed by atoms with E-state index in [0.717, 1.165) is 10.5 Å². The first-order valence-corrected chi connectivity index (χ1v) is 7.10. The average Bonchev–Trinajstić information content (AvgIpc) is 2.97. The van der Waals surface area contributed by atoms with E-state index in [1.807, 2.05) is 10.8 Å². The van der Waals surface area contributed by atoms with Gasteiger partial charge in [0.25, 0.3) is 11.8 Å². The molecule has 0 bridgehead atoms. The van der Waals surface area contributed by atoms with Gasteiger partial charge in [-0.2, -0.15) is 11.3 Å². The van der Waals surface area contributed by atoms with Crippen LogP contribution in [0.3, 0.4) is 0 Å². The van der Waals surface area contributed by atoms with Crippen molar-refractivity contribution in [2.24, 2.45) is 0 Å².